The van der Waals surface area contributed by atoms with Crippen molar-refractivity contribution in [3.8, 4) is 11.1 Å². The van der Waals surface area contributed by atoms with E-state index in [2.05, 4.69) is 9.98 Å². The van der Waals surface area contributed by atoms with Crippen LogP contribution in [0.2, 0.25) is 0 Å². The second-order valence-electron chi connectivity index (χ2n) is 5.50. The highest BCUT2D eigenvalue weighted by Crippen LogP contribution is 2.28. The summed E-state index contributed by atoms with van der Waals surface area (Å²) in [6.07, 6.45) is 7.31. The minimum absolute atomic E-state index is 0.0524. The summed E-state index contributed by atoms with van der Waals surface area (Å²) in [5.41, 5.74) is 9.45. The molecular formula is C16H15N5O2. The van der Waals surface area contributed by atoms with Crippen LogP contribution in [0.4, 0.5) is 0 Å². The molecule has 4 heterocycles. The number of rotatable bonds is 2. The quantitative estimate of drug-likeness (QED) is 0.782. The monoisotopic (exact) mass is 309 g/mol. The Hall–Kier alpha value is -3.09. The number of aromatic nitrogens is 2. The van der Waals surface area contributed by atoms with Gasteiger partial charge in [0.15, 0.2) is 5.96 Å². The van der Waals surface area contributed by atoms with Gasteiger partial charge in [-0.3, -0.25) is 9.69 Å². The SMILES string of the molecule is CN1C(=O)C[C@@H](c2cnc3ccc(-c4ccoc4)cn23)N=C1N. The van der Waals surface area contributed by atoms with Crippen molar-refractivity contribution in [3.63, 3.8) is 0 Å². The van der Waals surface area contributed by atoms with Crippen molar-refractivity contribution >= 4 is 17.5 Å². The highest BCUT2D eigenvalue weighted by molar-refractivity contribution is 5.98. The number of amides is 1. The summed E-state index contributed by atoms with van der Waals surface area (Å²) in [6, 6.07) is 5.48. The van der Waals surface area contributed by atoms with E-state index in [-0.39, 0.29) is 24.3 Å². The molecule has 0 aromatic carbocycles. The number of nitrogens with zero attached hydrogens (tertiary/aromatic N) is 4. The Kier molecular flexibility index (Phi) is 2.94. The number of carbonyl (C=O) groups excluding carboxylic acids is 1. The van der Waals surface area contributed by atoms with Gasteiger partial charge in [-0.2, -0.15) is 0 Å². The van der Waals surface area contributed by atoms with E-state index >= 15 is 0 Å². The van der Waals surface area contributed by atoms with Gasteiger partial charge in [0.2, 0.25) is 5.91 Å². The van der Waals surface area contributed by atoms with Gasteiger partial charge in [-0.1, -0.05) is 0 Å². The largest absolute Gasteiger partial charge is 0.472 e. The van der Waals surface area contributed by atoms with Gasteiger partial charge in [0.05, 0.1) is 30.8 Å². The molecule has 0 radical (unpaired) electrons. The Balaban J connectivity index is 1.82. The number of nitrogens with two attached hydrogens (primary N) is 1. The Labute approximate surface area is 132 Å². The molecular weight excluding hydrogens is 294 g/mol. The van der Waals surface area contributed by atoms with Crippen molar-refractivity contribution < 1.29 is 9.21 Å². The van der Waals surface area contributed by atoms with Gasteiger partial charge < -0.3 is 14.6 Å². The fourth-order valence-corrected chi connectivity index (χ4v) is 2.74. The smallest absolute Gasteiger partial charge is 0.231 e. The third-order valence-corrected chi connectivity index (χ3v) is 4.10. The molecule has 1 atom stereocenters. The zero-order chi connectivity index (χ0) is 16.0. The van der Waals surface area contributed by atoms with Crippen molar-refractivity contribution in [1.82, 2.24) is 14.3 Å². The molecule has 0 spiro atoms. The maximum Gasteiger partial charge on any atom is 0.231 e. The molecule has 0 unspecified atom stereocenters. The summed E-state index contributed by atoms with van der Waals surface area (Å²) < 4.78 is 7.08. The van der Waals surface area contributed by atoms with Gasteiger partial charge in [0.25, 0.3) is 0 Å². The lowest BCUT2D eigenvalue weighted by molar-refractivity contribution is -0.127. The van der Waals surface area contributed by atoms with Crippen LogP contribution in [0.1, 0.15) is 18.2 Å². The lowest BCUT2D eigenvalue weighted by Crippen LogP contribution is -2.43. The first-order chi connectivity index (χ1) is 11.1. The van der Waals surface area contributed by atoms with Crippen LogP contribution in [0.25, 0.3) is 16.8 Å². The topological polar surface area (TPSA) is 89.1 Å². The Morgan fingerprint density at radius 2 is 2.17 bits per heavy atom. The Morgan fingerprint density at radius 3 is 2.91 bits per heavy atom. The van der Waals surface area contributed by atoms with Crippen molar-refractivity contribution in [2.75, 3.05) is 7.05 Å². The molecule has 116 valence electrons. The van der Waals surface area contributed by atoms with E-state index in [0.29, 0.717) is 0 Å². The molecule has 0 saturated heterocycles. The molecule has 0 bridgehead atoms. The molecule has 0 fully saturated rings. The molecule has 2 N–H and O–H groups in total. The van der Waals surface area contributed by atoms with Gasteiger partial charge >= 0.3 is 0 Å². The molecule has 7 nitrogen and oxygen atoms in total. The van der Waals surface area contributed by atoms with E-state index in [4.69, 9.17) is 10.2 Å². The average Bonchev–Trinajstić information content (AvgIpc) is 3.20. The lowest BCUT2D eigenvalue weighted by Gasteiger charge is -2.25. The fourth-order valence-electron chi connectivity index (χ4n) is 2.74. The predicted molar refractivity (Wildman–Crippen MR) is 84.6 cm³/mol. The number of pyridine rings is 1. The molecule has 4 rings (SSSR count). The van der Waals surface area contributed by atoms with Crippen molar-refractivity contribution in [3.05, 3.63) is 48.8 Å². The van der Waals surface area contributed by atoms with Crippen LogP contribution in [-0.2, 0) is 4.79 Å². The number of hydrogen-bond acceptors (Lipinski definition) is 5. The molecule has 23 heavy (non-hydrogen) atoms. The van der Waals surface area contributed by atoms with Crippen LogP contribution >= 0.6 is 0 Å². The number of furan rings is 1. The summed E-state index contributed by atoms with van der Waals surface area (Å²) in [4.78, 5) is 22.2. The summed E-state index contributed by atoms with van der Waals surface area (Å²) >= 11 is 0. The van der Waals surface area contributed by atoms with Gasteiger partial charge in [-0.05, 0) is 18.2 Å². The van der Waals surface area contributed by atoms with Crippen LogP contribution in [0.3, 0.4) is 0 Å². The maximum atomic E-state index is 12.0. The highest BCUT2D eigenvalue weighted by Gasteiger charge is 2.27. The zero-order valence-electron chi connectivity index (χ0n) is 12.5. The lowest BCUT2D eigenvalue weighted by atomic mass is 10.1. The van der Waals surface area contributed by atoms with Gasteiger partial charge in [0.1, 0.15) is 11.7 Å². The minimum Gasteiger partial charge on any atom is -0.472 e. The van der Waals surface area contributed by atoms with Crippen molar-refractivity contribution in [2.24, 2.45) is 10.7 Å². The molecule has 1 aliphatic heterocycles. The van der Waals surface area contributed by atoms with Gasteiger partial charge in [-0.15, -0.1) is 0 Å². The summed E-state index contributed by atoms with van der Waals surface area (Å²) in [6.45, 7) is 0. The normalized spacial score (nSPS) is 18.5. The number of guanidine groups is 1. The second kappa shape index (κ2) is 4.98. The van der Waals surface area contributed by atoms with Gasteiger partial charge in [0, 0.05) is 24.4 Å². The number of hydrogen-bond donors (Lipinski definition) is 1. The predicted octanol–water partition coefficient (Wildman–Crippen LogP) is 1.81. The third-order valence-electron chi connectivity index (χ3n) is 4.10. The first-order valence-corrected chi connectivity index (χ1v) is 7.23. The Morgan fingerprint density at radius 1 is 1.30 bits per heavy atom. The van der Waals surface area contributed by atoms with Crippen LogP contribution < -0.4 is 5.73 Å². The molecule has 0 saturated carbocycles. The second-order valence-corrected chi connectivity index (χ2v) is 5.50. The minimum atomic E-state index is -0.326. The Bertz CT molecular complexity index is 910. The summed E-state index contributed by atoms with van der Waals surface area (Å²) in [5.74, 6) is 0.177. The molecule has 3 aromatic rings. The number of fused-ring (bicyclic) bond motifs is 1. The van der Waals surface area contributed by atoms with E-state index in [1.165, 1.54) is 4.90 Å². The van der Waals surface area contributed by atoms with E-state index in [1.54, 1.807) is 25.8 Å². The van der Waals surface area contributed by atoms with Crippen LogP contribution in [-0.4, -0.2) is 33.2 Å². The fraction of sp³-hybridized carbons (Fsp3) is 0.188. The van der Waals surface area contributed by atoms with Gasteiger partial charge in [-0.25, -0.2) is 9.98 Å². The van der Waals surface area contributed by atoms with E-state index in [0.717, 1.165) is 22.5 Å². The van der Waals surface area contributed by atoms with Crippen LogP contribution in [0.15, 0.2) is 52.5 Å². The van der Waals surface area contributed by atoms with Crippen molar-refractivity contribution in [2.45, 2.75) is 12.5 Å². The summed E-state index contributed by atoms with van der Waals surface area (Å²) in [5, 5.41) is 0. The molecule has 1 amide bonds. The average molecular weight is 309 g/mol. The number of carbonyl (C=O) groups is 1. The number of aliphatic imine (C=N–C) groups is 1. The molecule has 3 aromatic heterocycles. The standard InChI is InChI=1S/C16H15N5O2/c1-20-15(22)6-12(19-16(20)17)13-7-18-14-3-2-10(8-21(13)14)11-4-5-23-9-11/h2-5,7-9,12H,6H2,1H3,(H2,17,19)/t12-/m0/s1. The third kappa shape index (κ3) is 2.17. The van der Waals surface area contributed by atoms with Crippen LogP contribution in [0.5, 0.6) is 0 Å². The first-order valence-electron chi connectivity index (χ1n) is 7.23. The van der Waals surface area contributed by atoms with Crippen LogP contribution in [0, 0.1) is 0 Å². The molecule has 7 heteroatoms. The van der Waals surface area contributed by atoms with E-state index in [9.17, 15) is 4.79 Å². The number of imidazole rings is 1. The molecule has 1 aliphatic rings. The van der Waals surface area contributed by atoms with Crippen molar-refractivity contribution in [1.29, 1.82) is 0 Å². The van der Waals surface area contributed by atoms with E-state index in [1.807, 2.05) is 28.8 Å². The first kappa shape index (κ1) is 13.6. The summed E-state index contributed by atoms with van der Waals surface area (Å²) in [7, 11) is 1.63. The zero-order valence-corrected chi connectivity index (χ0v) is 12.5. The molecule has 0 aliphatic carbocycles. The highest BCUT2D eigenvalue weighted by atomic mass is 16.3. The van der Waals surface area contributed by atoms with E-state index < -0.39 is 0 Å². The maximum absolute atomic E-state index is 12.0.